The van der Waals surface area contributed by atoms with E-state index in [1.165, 1.54) is 25.9 Å². The molecular formula is C19H38IN5O. The van der Waals surface area contributed by atoms with Crippen LogP contribution in [-0.2, 0) is 4.79 Å². The van der Waals surface area contributed by atoms with Crippen LogP contribution in [0.5, 0.6) is 0 Å². The number of hydrogen-bond donors (Lipinski definition) is 2. The molecule has 0 saturated carbocycles. The molecule has 0 aromatic heterocycles. The van der Waals surface area contributed by atoms with E-state index < -0.39 is 0 Å². The molecule has 0 spiro atoms. The fourth-order valence-electron chi connectivity index (χ4n) is 3.88. The topological polar surface area (TPSA) is 60.0 Å². The lowest BCUT2D eigenvalue weighted by Crippen LogP contribution is -2.49. The van der Waals surface area contributed by atoms with Crippen LogP contribution >= 0.6 is 24.0 Å². The summed E-state index contributed by atoms with van der Waals surface area (Å²) in [7, 11) is 1.82. The third-order valence-electron chi connectivity index (χ3n) is 5.16. The van der Waals surface area contributed by atoms with Gasteiger partial charge in [-0.05, 0) is 31.7 Å². The molecule has 2 N–H and O–H groups in total. The van der Waals surface area contributed by atoms with Crippen LogP contribution in [0.25, 0.3) is 0 Å². The first-order valence-electron chi connectivity index (χ1n) is 9.90. The summed E-state index contributed by atoms with van der Waals surface area (Å²) in [5.74, 6) is 1.90. The monoisotopic (exact) mass is 479 g/mol. The second-order valence-corrected chi connectivity index (χ2v) is 8.21. The molecule has 2 aliphatic rings. The Kier molecular flexibility index (Phi) is 10.2. The van der Waals surface area contributed by atoms with Gasteiger partial charge in [0.1, 0.15) is 0 Å². The van der Waals surface area contributed by atoms with Crippen molar-refractivity contribution in [2.45, 2.75) is 59.0 Å². The normalized spacial score (nSPS) is 24.3. The molecule has 0 bridgehead atoms. The van der Waals surface area contributed by atoms with Gasteiger partial charge in [0.2, 0.25) is 5.91 Å². The Morgan fingerprint density at radius 1 is 1.19 bits per heavy atom. The predicted octanol–water partition coefficient (Wildman–Crippen LogP) is 2.15. The van der Waals surface area contributed by atoms with Gasteiger partial charge in [-0.15, -0.1) is 24.0 Å². The lowest BCUT2D eigenvalue weighted by molar-refractivity contribution is -0.133. The first-order valence-corrected chi connectivity index (χ1v) is 9.90. The average molecular weight is 479 g/mol. The number of halogens is 1. The molecule has 2 fully saturated rings. The van der Waals surface area contributed by atoms with E-state index >= 15 is 0 Å². The van der Waals surface area contributed by atoms with Gasteiger partial charge in [0.05, 0.1) is 0 Å². The zero-order chi connectivity index (χ0) is 18.4. The van der Waals surface area contributed by atoms with Gasteiger partial charge in [-0.2, -0.15) is 0 Å². The van der Waals surface area contributed by atoms with Crippen molar-refractivity contribution >= 4 is 35.8 Å². The molecule has 0 radical (unpaired) electrons. The Morgan fingerprint density at radius 3 is 2.54 bits per heavy atom. The van der Waals surface area contributed by atoms with Crippen LogP contribution in [0.4, 0.5) is 0 Å². The smallest absolute Gasteiger partial charge is 0.225 e. The molecule has 0 aliphatic carbocycles. The maximum atomic E-state index is 12.1. The van der Waals surface area contributed by atoms with E-state index in [4.69, 9.17) is 0 Å². The van der Waals surface area contributed by atoms with E-state index in [1.807, 2.05) is 25.8 Å². The number of carbonyl (C=O) groups excluding carboxylic acids is 1. The lowest BCUT2D eigenvalue weighted by Gasteiger charge is -2.27. The molecule has 2 heterocycles. The first kappa shape index (κ1) is 23.5. The van der Waals surface area contributed by atoms with Gasteiger partial charge >= 0.3 is 0 Å². The molecule has 152 valence electrons. The van der Waals surface area contributed by atoms with Crippen molar-refractivity contribution in [1.82, 2.24) is 20.4 Å². The summed E-state index contributed by atoms with van der Waals surface area (Å²) in [5, 5.41) is 7.00. The minimum atomic E-state index is 0. The summed E-state index contributed by atoms with van der Waals surface area (Å²) in [4.78, 5) is 21.1. The molecule has 2 rings (SSSR count). The summed E-state index contributed by atoms with van der Waals surface area (Å²) in [5.41, 5.74) is 0. The van der Waals surface area contributed by atoms with Crippen molar-refractivity contribution in [1.29, 1.82) is 0 Å². The number of carbonyl (C=O) groups is 1. The highest BCUT2D eigenvalue weighted by molar-refractivity contribution is 14.0. The van der Waals surface area contributed by atoms with Gasteiger partial charge in [0.15, 0.2) is 5.96 Å². The molecule has 2 aliphatic heterocycles. The molecule has 1 amide bonds. The lowest BCUT2D eigenvalue weighted by atomic mass is 10.1. The predicted molar refractivity (Wildman–Crippen MR) is 119 cm³/mol. The molecule has 0 aromatic rings. The maximum Gasteiger partial charge on any atom is 0.225 e. The van der Waals surface area contributed by atoms with Crippen molar-refractivity contribution in [3.05, 3.63) is 0 Å². The number of amides is 1. The second kappa shape index (κ2) is 11.3. The van der Waals surface area contributed by atoms with Crippen LogP contribution in [0.15, 0.2) is 4.99 Å². The van der Waals surface area contributed by atoms with Gasteiger partial charge in [-0.3, -0.25) is 14.7 Å². The van der Waals surface area contributed by atoms with Crippen LogP contribution in [0.1, 0.15) is 47.0 Å². The Hall–Kier alpha value is -0.570. The Bertz CT molecular complexity index is 469. The average Bonchev–Trinajstić information content (AvgIpc) is 3.19. The Balaban J connectivity index is 0.00000338. The summed E-state index contributed by atoms with van der Waals surface area (Å²) in [6.07, 6.45) is 3.54. The highest BCUT2D eigenvalue weighted by Crippen LogP contribution is 2.18. The quantitative estimate of drug-likeness (QED) is 0.348. The van der Waals surface area contributed by atoms with E-state index in [0.29, 0.717) is 18.0 Å². The highest BCUT2D eigenvalue weighted by Gasteiger charge is 2.29. The fourth-order valence-corrected chi connectivity index (χ4v) is 3.88. The largest absolute Gasteiger partial charge is 0.355 e. The van der Waals surface area contributed by atoms with Crippen LogP contribution in [0.2, 0.25) is 0 Å². The van der Waals surface area contributed by atoms with Crippen molar-refractivity contribution < 1.29 is 4.79 Å². The minimum absolute atomic E-state index is 0. The molecule has 7 heteroatoms. The van der Waals surface area contributed by atoms with E-state index in [-0.39, 0.29) is 35.8 Å². The molecule has 2 saturated heterocycles. The number of rotatable bonds is 6. The van der Waals surface area contributed by atoms with Gasteiger partial charge in [0.25, 0.3) is 0 Å². The van der Waals surface area contributed by atoms with Crippen LogP contribution in [0.3, 0.4) is 0 Å². The van der Waals surface area contributed by atoms with Gasteiger partial charge in [-0.25, -0.2) is 0 Å². The standard InChI is InChI=1S/C19H37N5O.HI/c1-14(2)12-23-9-6-7-17(23)11-21-19(20-5)22-16-8-10-24(13-16)18(25)15(3)4;/h14-17H,6-13H2,1-5H3,(H2,20,21,22);1H/t16?,17-;/m1./s1. The molecule has 26 heavy (non-hydrogen) atoms. The van der Waals surface area contributed by atoms with E-state index in [2.05, 4.69) is 34.4 Å². The van der Waals surface area contributed by atoms with E-state index in [1.54, 1.807) is 0 Å². The second-order valence-electron chi connectivity index (χ2n) is 8.21. The zero-order valence-corrected chi connectivity index (χ0v) is 19.5. The van der Waals surface area contributed by atoms with E-state index in [9.17, 15) is 4.79 Å². The summed E-state index contributed by atoms with van der Waals surface area (Å²) in [6, 6.07) is 0.896. The number of guanidine groups is 1. The SMILES string of the molecule is CN=C(NC[C@H]1CCCN1CC(C)C)NC1CCN(C(=O)C(C)C)C1.I. The highest BCUT2D eigenvalue weighted by atomic mass is 127. The third-order valence-corrected chi connectivity index (χ3v) is 5.16. The van der Waals surface area contributed by atoms with Gasteiger partial charge < -0.3 is 15.5 Å². The van der Waals surface area contributed by atoms with Crippen molar-refractivity contribution in [3.63, 3.8) is 0 Å². The number of nitrogens with one attached hydrogen (secondary N) is 2. The summed E-state index contributed by atoms with van der Waals surface area (Å²) < 4.78 is 0. The van der Waals surface area contributed by atoms with Crippen LogP contribution < -0.4 is 10.6 Å². The van der Waals surface area contributed by atoms with Crippen molar-refractivity contribution in [2.75, 3.05) is 39.8 Å². The first-order chi connectivity index (χ1) is 11.9. The number of aliphatic imine (C=N–C) groups is 1. The van der Waals surface area contributed by atoms with Crippen LogP contribution in [0, 0.1) is 11.8 Å². The van der Waals surface area contributed by atoms with Gasteiger partial charge in [-0.1, -0.05) is 27.7 Å². The Labute approximate surface area is 176 Å². The minimum Gasteiger partial charge on any atom is -0.355 e. The van der Waals surface area contributed by atoms with Crippen LogP contribution in [-0.4, -0.2) is 73.5 Å². The molecule has 0 aromatic carbocycles. The number of nitrogens with zero attached hydrogens (tertiary/aromatic N) is 3. The van der Waals surface area contributed by atoms with Gasteiger partial charge in [0, 0.05) is 51.2 Å². The van der Waals surface area contributed by atoms with Crippen molar-refractivity contribution in [2.24, 2.45) is 16.8 Å². The Morgan fingerprint density at radius 2 is 1.92 bits per heavy atom. The zero-order valence-electron chi connectivity index (χ0n) is 17.1. The number of hydrogen-bond acceptors (Lipinski definition) is 3. The summed E-state index contributed by atoms with van der Waals surface area (Å²) >= 11 is 0. The molecular weight excluding hydrogens is 441 g/mol. The molecule has 6 nitrogen and oxygen atoms in total. The van der Waals surface area contributed by atoms with Crippen molar-refractivity contribution in [3.8, 4) is 0 Å². The number of likely N-dealkylation sites (tertiary alicyclic amines) is 2. The summed E-state index contributed by atoms with van der Waals surface area (Å²) in [6.45, 7) is 13.5. The molecule has 2 atom stereocenters. The maximum absolute atomic E-state index is 12.1. The molecule has 1 unspecified atom stereocenters. The fraction of sp³-hybridized carbons (Fsp3) is 0.895. The van der Waals surface area contributed by atoms with E-state index in [0.717, 1.165) is 32.0 Å². The third kappa shape index (κ3) is 6.87.